The molecular formula is C7H6ClO3S-. The first-order valence-corrected chi connectivity index (χ1v) is 4.92. The van der Waals surface area contributed by atoms with E-state index < -0.39 is 10.1 Å². The molecule has 0 amide bonds. The summed E-state index contributed by atoms with van der Waals surface area (Å²) in [5.74, 6) is 0. The lowest BCUT2D eigenvalue weighted by molar-refractivity contribution is 0.463. The zero-order chi connectivity index (χ0) is 9.35. The van der Waals surface area contributed by atoms with E-state index >= 15 is 0 Å². The van der Waals surface area contributed by atoms with E-state index in [9.17, 15) is 13.0 Å². The van der Waals surface area contributed by atoms with Crippen molar-refractivity contribution in [3.63, 3.8) is 0 Å². The Morgan fingerprint density at radius 2 is 2.00 bits per heavy atom. The van der Waals surface area contributed by atoms with E-state index in [-0.39, 0.29) is 4.90 Å². The van der Waals surface area contributed by atoms with Gasteiger partial charge < -0.3 is 4.55 Å². The fraction of sp³-hybridized carbons (Fsp3) is 0.143. The summed E-state index contributed by atoms with van der Waals surface area (Å²) < 4.78 is 31.5. The molecule has 0 unspecified atom stereocenters. The molecule has 0 N–H and O–H groups in total. The van der Waals surface area contributed by atoms with Crippen molar-refractivity contribution in [2.45, 2.75) is 11.8 Å². The van der Waals surface area contributed by atoms with Gasteiger partial charge in [0.15, 0.2) is 0 Å². The monoisotopic (exact) mass is 205 g/mol. The lowest BCUT2D eigenvalue weighted by atomic mass is 10.2. The summed E-state index contributed by atoms with van der Waals surface area (Å²) in [6.07, 6.45) is 0. The molecule has 0 heterocycles. The van der Waals surface area contributed by atoms with Gasteiger partial charge in [0.05, 0.1) is 4.90 Å². The molecule has 0 spiro atoms. The van der Waals surface area contributed by atoms with E-state index in [1.54, 1.807) is 6.92 Å². The van der Waals surface area contributed by atoms with E-state index in [1.807, 2.05) is 0 Å². The first-order valence-electron chi connectivity index (χ1n) is 3.13. The van der Waals surface area contributed by atoms with Crippen LogP contribution in [0.1, 0.15) is 5.56 Å². The van der Waals surface area contributed by atoms with Crippen molar-refractivity contribution >= 4 is 21.7 Å². The van der Waals surface area contributed by atoms with Crippen LogP contribution in [0, 0.1) is 6.92 Å². The van der Waals surface area contributed by atoms with Crippen molar-refractivity contribution in [2.24, 2.45) is 0 Å². The highest BCUT2D eigenvalue weighted by atomic mass is 35.5. The number of aryl methyl sites for hydroxylation is 1. The molecule has 3 nitrogen and oxygen atoms in total. The lowest BCUT2D eigenvalue weighted by Crippen LogP contribution is -1.98. The van der Waals surface area contributed by atoms with Gasteiger partial charge in [0, 0.05) is 5.02 Å². The number of benzene rings is 1. The van der Waals surface area contributed by atoms with Gasteiger partial charge >= 0.3 is 0 Å². The minimum Gasteiger partial charge on any atom is -0.744 e. The van der Waals surface area contributed by atoms with Crippen LogP contribution >= 0.6 is 11.6 Å². The maximum atomic E-state index is 10.5. The maximum absolute atomic E-state index is 10.5. The Kier molecular flexibility index (Phi) is 2.41. The number of hydrogen-bond donors (Lipinski definition) is 0. The highest BCUT2D eigenvalue weighted by Gasteiger charge is 2.02. The van der Waals surface area contributed by atoms with Gasteiger partial charge in [0.1, 0.15) is 10.1 Å². The summed E-state index contributed by atoms with van der Waals surface area (Å²) in [5.41, 5.74) is 0.577. The Balaban J connectivity index is 3.33. The summed E-state index contributed by atoms with van der Waals surface area (Å²) in [5, 5.41) is 0.447. The van der Waals surface area contributed by atoms with Crippen LogP contribution in [0.4, 0.5) is 0 Å². The summed E-state index contributed by atoms with van der Waals surface area (Å²) in [7, 11) is -4.35. The third-order valence-electron chi connectivity index (χ3n) is 1.42. The molecular weight excluding hydrogens is 200 g/mol. The Morgan fingerprint density at radius 3 is 2.42 bits per heavy atom. The van der Waals surface area contributed by atoms with E-state index in [2.05, 4.69) is 0 Å². The van der Waals surface area contributed by atoms with Gasteiger partial charge in [0.2, 0.25) is 0 Å². The summed E-state index contributed by atoms with van der Waals surface area (Å²) >= 11 is 5.63. The van der Waals surface area contributed by atoms with Crippen LogP contribution in [0.15, 0.2) is 23.1 Å². The maximum Gasteiger partial charge on any atom is 0.124 e. The average molecular weight is 206 g/mol. The first-order chi connectivity index (χ1) is 5.41. The van der Waals surface area contributed by atoms with Crippen LogP contribution in [0.2, 0.25) is 5.02 Å². The molecule has 1 rings (SSSR count). The predicted molar refractivity (Wildman–Crippen MR) is 44.2 cm³/mol. The molecule has 0 aliphatic heterocycles. The van der Waals surface area contributed by atoms with Crippen molar-refractivity contribution < 1.29 is 13.0 Å². The molecule has 0 aromatic heterocycles. The number of rotatable bonds is 1. The zero-order valence-corrected chi connectivity index (χ0v) is 7.82. The summed E-state index contributed by atoms with van der Waals surface area (Å²) in [6.45, 7) is 1.64. The van der Waals surface area contributed by atoms with E-state index in [4.69, 9.17) is 11.6 Å². The Bertz CT molecular complexity index is 397. The van der Waals surface area contributed by atoms with Crippen LogP contribution in [-0.4, -0.2) is 13.0 Å². The first kappa shape index (κ1) is 9.51. The fourth-order valence-electron chi connectivity index (χ4n) is 0.773. The van der Waals surface area contributed by atoms with Crippen LogP contribution in [0.3, 0.4) is 0 Å². The lowest BCUT2D eigenvalue weighted by Gasteiger charge is -2.07. The molecule has 0 fully saturated rings. The van der Waals surface area contributed by atoms with Crippen LogP contribution in [0.25, 0.3) is 0 Å². The zero-order valence-electron chi connectivity index (χ0n) is 6.24. The normalized spacial score (nSPS) is 11.6. The van der Waals surface area contributed by atoms with E-state index in [1.165, 1.54) is 18.2 Å². The Morgan fingerprint density at radius 1 is 1.42 bits per heavy atom. The topological polar surface area (TPSA) is 57.2 Å². The molecule has 0 aliphatic carbocycles. The molecule has 5 heteroatoms. The Hall–Kier alpha value is -0.580. The van der Waals surface area contributed by atoms with E-state index in [0.29, 0.717) is 10.6 Å². The minimum atomic E-state index is -4.35. The van der Waals surface area contributed by atoms with Crippen molar-refractivity contribution in [1.29, 1.82) is 0 Å². The van der Waals surface area contributed by atoms with Gasteiger partial charge in [-0.15, -0.1) is 0 Å². The van der Waals surface area contributed by atoms with Crippen molar-refractivity contribution in [1.82, 2.24) is 0 Å². The smallest absolute Gasteiger partial charge is 0.124 e. The number of halogens is 1. The minimum absolute atomic E-state index is 0.246. The second-order valence-corrected chi connectivity index (χ2v) is 4.15. The highest BCUT2D eigenvalue weighted by Crippen LogP contribution is 2.18. The van der Waals surface area contributed by atoms with E-state index in [0.717, 1.165) is 0 Å². The largest absolute Gasteiger partial charge is 0.744 e. The summed E-state index contributed by atoms with van der Waals surface area (Å²) in [4.78, 5) is -0.246. The van der Waals surface area contributed by atoms with Crippen molar-refractivity contribution in [2.75, 3.05) is 0 Å². The van der Waals surface area contributed by atoms with Gasteiger partial charge in [-0.1, -0.05) is 11.6 Å². The SMILES string of the molecule is Cc1cc(S(=O)(=O)[O-])ccc1Cl. The average Bonchev–Trinajstić information content (AvgIpc) is 1.92. The van der Waals surface area contributed by atoms with Crippen molar-refractivity contribution in [3.8, 4) is 0 Å². The molecule has 0 radical (unpaired) electrons. The van der Waals surface area contributed by atoms with Crippen LogP contribution < -0.4 is 0 Å². The number of hydrogen-bond acceptors (Lipinski definition) is 3. The molecule has 0 aliphatic rings. The van der Waals surface area contributed by atoms with Crippen molar-refractivity contribution in [3.05, 3.63) is 28.8 Å². The molecule has 1 aromatic rings. The standard InChI is InChI=1S/C7H7ClO3S/c1-5-4-6(12(9,10)11)2-3-7(5)8/h2-4H,1H3,(H,9,10,11)/p-1. The molecule has 0 bridgehead atoms. The second kappa shape index (κ2) is 3.05. The molecule has 66 valence electrons. The second-order valence-electron chi connectivity index (χ2n) is 2.37. The molecule has 0 saturated heterocycles. The third-order valence-corrected chi connectivity index (χ3v) is 2.67. The Labute approximate surface area is 75.7 Å². The van der Waals surface area contributed by atoms with Gasteiger partial charge in [-0.3, -0.25) is 0 Å². The van der Waals surface area contributed by atoms with Crippen LogP contribution in [-0.2, 0) is 10.1 Å². The summed E-state index contributed by atoms with van der Waals surface area (Å²) in [6, 6.07) is 3.84. The molecule has 0 atom stereocenters. The predicted octanol–water partition coefficient (Wildman–Crippen LogP) is 1.55. The van der Waals surface area contributed by atoms with Gasteiger partial charge in [-0.25, -0.2) is 8.42 Å². The fourth-order valence-corrected chi connectivity index (χ4v) is 1.45. The highest BCUT2D eigenvalue weighted by molar-refractivity contribution is 7.85. The van der Waals surface area contributed by atoms with Gasteiger partial charge in [-0.05, 0) is 30.7 Å². The molecule has 0 saturated carbocycles. The molecule has 1 aromatic carbocycles. The van der Waals surface area contributed by atoms with Gasteiger partial charge in [0.25, 0.3) is 0 Å². The molecule has 12 heavy (non-hydrogen) atoms. The van der Waals surface area contributed by atoms with Crippen LogP contribution in [0.5, 0.6) is 0 Å². The third kappa shape index (κ3) is 1.97. The quantitative estimate of drug-likeness (QED) is 0.654. The van der Waals surface area contributed by atoms with Gasteiger partial charge in [-0.2, -0.15) is 0 Å².